The maximum Gasteiger partial charge on any atom is 0.308 e. The molecule has 6 heteroatoms. The van der Waals surface area contributed by atoms with Crippen molar-refractivity contribution in [1.82, 2.24) is 4.57 Å². The van der Waals surface area contributed by atoms with Crippen molar-refractivity contribution >= 4 is 29.1 Å². The average Bonchev–Trinajstić information content (AvgIpc) is 3.18. The van der Waals surface area contributed by atoms with Crippen LogP contribution in [0.15, 0.2) is 94.2 Å². The number of fused-ring (bicyclic) bond motifs is 3. The van der Waals surface area contributed by atoms with E-state index >= 15 is 0 Å². The van der Waals surface area contributed by atoms with Gasteiger partial charge in [0.2, 0.25) is 0 Å². The van der Waals surface area contributed by atoms with Crippen LogP contribution in [0.5, 0.6) is 5.75 Å². The van der Waals surface area contributed by atoms with Crippen LogP contribution < -0.4 is 19.6 Å². The van der Waals surface area contributed by atoms with Crippen LogP contribution in [-0.2, 0) is 11.2 Å². The Hall–Kier alpha value is -4.03. The molecule has 172 valence electrons. The average molecular weight is 479 g/mol. The Morgan fingerprint density at radius 3 is 2.57 bits per heavy atom. The van der Waals surface area contributed by atoms with Gasteiger partial charge in [-0.1, -0.05) is 84.1 Å². The lowest BCUT2D eigenvalue weighted by Crippen LogP contribution is -2.38. The van der Waals surface area contributed by atoms with Gasteiger partial charge in [-0.3, -0.25) is 14.2 Å². The number of nitrogens with zero attached hydrogens (tertiary/aromatic N) is 2. The van der Waals surface area contributed by atoms with Crippen LogP contribution in [-0.4, -0.2) is 10.5 Å². The highest BCUT2D eigenvalue weighted by Crippen LogP contribution is 2.41. The number of hydrogen-bond donors (Lipinski definition) is 0. The van der Waals surface area contributed by atoms with E-state index in [-0.39, 0.29) is 11.6 Å². The quantitative estimate of drug-likeness (QED) is 0.327. The summed E-state index contributed by atoms with van der Waals surface area (Å²) in [5.74, 6) is 0.0291. The van der Waals surface area contributed by atoms with E-state index in [1.54, 1.807) is 18.2 Å². The first-order valence-electron chi connectivity index (χ1n) is 11.6. The minimum absolute atomic E-state index is 0.0920. The van der Waals surface area contributed by atoms with Crippen molar-refractivity contribution < 1.29 is 9.53 Å². The standard InChI is InChI=1S/C29H22N2O3S/c1-18(32)34-24-14-8-6-12-21(24)17-25-28(33)31-27(20-10-3-2-4-11-20)23-16-15-19-9-5-7-13-22(19)26(23)30-29(31)35-25/h2-14,17,27H,15-16H2,1H3/b25-17+/t27-/m1/s1. The molecule has 2 aliphatic rings. The lowest BCUT2D eigenvalue weighted by atomic mass is 9.83. The second-order valence-corrected chi connectivity index (χ2v) is 9.66. The minimum Gasteiger partial charge on any atom is -0.426 e. The van der Waals surface area contributed by atoms with E-state index in [9.17, 15) is 9.59 Å². The maximum absolute atomic E-state index is 13.8. The normalized spacial score (nSPS) is 16.7. The molecule has 1 aliphatic carbocycles. The van der Waals surface area contributed by atoms with Crippen molar-refractivity contribution in [3.05, 3.63) is 126 Å². The van der Waals surface area contributed by atoms with E-state index in [2.05, 4.69) is 30.3 Å². The number of ether oxygens (including phenoxy) is 1. The Labute approximate surface area is 206 Å². The molecule has 0 N–H and O–H groups in total. The Bertz CT molecular complexity index is 1680. The third-order valence-corrected chi connectivity index (χ3v) is 7.43. The number of aromatic nitrogens is 1. The van der Waals surface area contributed by atoms with E-state index in [4.69, 9.17) is 9.73 Å². The molecule has 1 aromatic heterocycles. The number of esters is 1. The van der Waals surface area contributed by atoms with E-state index in [0.29, 0.717) is 20.6 Å². The van der Waals surface area contributed by atoms with Crippen molar-refractivity contribution in [3.8, 4) is 5.75 Å². The van der Waals surface area contributed by atoms with Crippen molar-refractivity contribution in [2.75, 3.05) is 0 Å². The van der Waals surface area contributed by atoms with Gasteiger partial charge in [0, 0.05) is 18.1 Å². The van der Waals surface area contributed by atoms with E-state index in [1.807, 2.05) is 41.0 Å². The molecular weight excluding hydrogens is 456 g/mol. The number of benzene rings is 3. The first-order chi connectivity index (χ1) is 17.1. The molecule has 35 heavy (non-hydrogen) atoms. The van der Waals surface area contributed by atoms with E-state index < -0.39 is 5.97 Å². The van der Waals surface area contributed by atoms with Crippen LogP contribution in [0.3, 0.4) is 0 Å². The number of allylic oxidation sites excluding steroid dienone is 1. The van der Waals surface area contributed by atoms with Gasteiger partial charge in [0.15, 0.2) is 4.80 Å². The van der Waals surface area contributed by atoms with Gasteiger partial charge in [-0.25, -0.2) is 4.99 Å². The van der Waals surface area contributed by atoms with Gasteiger partial charge < -0.3 is 4.74 Å². The zero-order valence-electron chi connectivity index (χ0n) is 19.1. The lowest BCUT2D eigenvalue weighted by molar-refractivity contribution is -0.131. The molecule has 1 atom stereocenters. The number of thiazole rings is 1. The molecule has 0 saturated carbocycles. The number of aryl methyl sites for hydroxylation is 1. The first kappa shape index (κ1) is 21.5. The van der Waals surface area contributed by atoms with Crippen molar-refractivity contribution in [2.45, 2.75) is 25.8 Å². The predicted octanol–water partition coefficient (Wildman–Crippen LogP) is 4.24. The molecule has 0 saturated heterocycles. The second-order valence-electron chi connectivity index (χ2n) is 8.66. The van der Waals surface area contributed by atoms with Crippen LogP contribution >= 0.6 is 11.3 Å². The summed E-state index contributed by atoms with van der Waals surface area (Å²) in [5, 5.41) is 0. The molecule has 6 rings (SSSR count). The summed E-state index contributed by atoms with van der Waals surface area (Å²) in [4.78, 5) is 31.1. The summed E-state index contributed by atoms with van der Waals surface area (Å²) in [6, 6.07) is 25.6. The van der Waals surface area contributed by atoms with Crippen molar-refractivity contribution in [2.24, 2.45) is 4.99 Å². The Morgan fingerprint density at radius 1 is 1.00 bits per heavy atom. The Morgan fingerprint density at radius 2 is 1.74 bits per heavy atom. The lowest BCUT2D eigenvalue weighted by Gasteiger charge is -2.30. The molecular formula is C29H22N2O3S. The number of hydrogen-bond acceptors (Lipinski definition) is 5. The predicted molar refractivity (Wildman–Crippen MR) is 137 cm³/mol. The summed E-state index contributed by atoms with van der Waals surface area (Å²) >= 11 is 1.37. The molecule has 1 aliphatic heterocycles. The molecule has 4 aromatic rings. The zero-order chi connectivity index (χ0) is 23.9. The topological polar surface area (TPSA) is 60.7 Å². The number of carbonyl (C=O) groups is 1. The third kappa shape index (κ3) is 3.76. The van der Waals surface area contributed by atoms with Crippen LogP contribution in [0, 0.1) is 0 Å². The monoisotopic (exact) mass is 478 g/mol. The molecule has 5 nitrogen and oxygen atoms in total. The summed E-state index contributed by atoms with van der Waals surface area (Å²) in [6.45, 7) is 1.37. The zero-order valence-corrected chi connectivity index (χ0v) is 19.9. The molecule has 0 fully saturated rings. The Balaban J connectivity index is 1.60. The third-order valence-electron chi connectivity index (χ3n) is 6.45. The summed E-state index contributed by atoms with van der Waals surface area (Å²) in [7, 11) is 0. The largest absolute Gasteiger partial charge is 0.426 e. The summed E-state index contributed by atoms with van der Waals surface area (Å²) < 4.78 is 7.74. The highest BCUT2D eigenvalue weighted by atomic mass is 32.1. The fourth-order valence-corrected chi connectivity index (χ4v) is 5.94. The molecule has 0 bridgehead atoms. The molecule has 0 spiro atoms. The molecule has 0 unspecified atom stereocenters. The van der Waals surface area contributed by atoms with Gasteiger partial charge in [-0.05, 0) is 41.7 Å². The number of rotatable bonds is 3. The summed E-state index contributed by atoms with van der Waals surface area (Å²) in [6.07, 6.45) is 3.57. The first-order valence-corrected chi connectivity index (χ1v) is 12.4. The molecule has 0 radical (unpaired) electrons. The van der Waals surface area contributed by atoms with E-state index in [1.165, 1.54) is 29.4 Å². The highest BCUT2D eigenvalue weighted by Gasteiger charge is 2.32. The van der Waals surface area contributed by atoms with Gasteiger partial charge >= 0.3 is 5.97 Å². The van der Waals surface area contributed by atoms with Crippen LogP contribution in [0.4, 0.5) is 0 Å². The number of carbonyl (C=O) groups excluding carboxylic acids is 1. The van der Waals surface area contributed by atoms with Crippen molar-refractivity contribution in [3.63, 3.8) is 0 Å². The fraction of sp³-hybridized carbons (Fsp3) is 0.138. The van der Waals surface area contributed by atoms with Gasteiger partial charge in [0.05, 0.1) is 16.3 Å². The van der Waals surface area contributed by atoms with Gasteiger partial charge in [-0.2, -0.15) is 0 Å². The molecule has 2 heterocycles. The molecule has 0 amide bonds. The second kappa shape index (κ2) is 8.64. The SMILES string of the molecule is CC(=O)Oc1ccccc1/C=c1/sc2n(c1=O)[C@H](c1ccccc1)C1=C(N=2)c2ccccc2CC1. The maximum atomic E-state index is 13.8. The van der Waals surface area contributed by atoms with Crippen LogP contribution in [0.25, 0.3) is 11.8 Å². The van der Waals surface area contributed by atoms with E-state index in [0.717, 1.165) is 29.7 Å². The minimum atomic E-state index is -0.400. The number of para-hydroxylation sites is 1. The summed E-state index contributed by atoms with van der Waals surface area (Å²) in [5.41, 5.74) is 6.25. The van der Waals surface area contributed by atoms with Crippen LogP contribution in [0.1, 0.15) is 41.6 Å². The smallest absolute Gasteiger partial charge is 0.308 e. The highest BCUT2D eigenvalue weighted by molar-refractivity contribution is 7.07. The van der Waals surface area contributed by atoms with Crippen molar-refractivity contribution in [1.29, 1.82) is 0 Å². The van der Waals surface area contributed by atoms with Crippen LogP contribution in [0.2, 0.25) is 0 Å². The fourth-order valence-electron chi connectivity index (χ4n) is 4.95. The van der Waals surface area contributed by atoms with Gasteiger partial charge in [0.25, 0.3) is 5.56 Å². The molecule has 3 aromatic carbocycles. The van der Waals surface area contributed by atoms with Gasteiger partial charge in [0.1, 0.15) is 5.75 Å². The Kier molecular flexibility index (Phi) is 5.30. The van der Waals surface area contributed by atoms with Gasteiger partial charge in [-0.15, -0.1) is 0 Å².